The van der Waals surface area contributed by atoms with E-state index in [1.165, 1.54) is 18.4 Å². The molecule has 1 aliphatic rings. The minimum atomic E-state index is -3.67. The first-order chi connectivity index (χ1) is 17.3. The fraction of sp³-hybridized carbons (Fsp3) is 0.357. The average molecular weight is 508 g/mol. The highest BCUT2D eigenvalue weighted by molar-refractivity contribution is 7.89. The second kappa shape index (κ2) is 11.2. The van der Waals surface area contributed by atoms with Crippen LogP contribution in [0.2, 0.25) is 0 Å². The van der Waals surface area contributed by atoms with Crippen molar-refractivity contribution in [3.8, 4) is 0 Å². The predicted molar refractivity (Wildman–Crippen MR) is 142 cm³/mol. The molecule has 0 saturated heterocycles. The van der Waals surface area contributed by atoms with Crippen molar-refractivity contribution in [2.45, 2.75) is 49.5 Å². The SMILES string of the molecule is CN(C)S(=O)(=O)c1cccc2c(NC(=O)[C@H](Cc3ccccc3)NC(=O)C3CCCCC3)cccc12. The summed E-state index contributed by atoms with van der Waals surface area (Å²) in [6.07, 6.45) is 5.25. The van der Waals surface area contributed by atoms with E-state index < -0.39 is 16.1 Å². The Balaban J connectivity index is 1.63. The molecule has 0 bridgehead atoms. The third-order valence-corrected chi connectivity index (χ3v) is 8.66. The molecule has 0 unspecified atom stereocenters. The molecule has 7 nitrogen and oxygen atoms in total. The number of hydrogen-bond acceptors (Lipinski definition) is 4. The summed E-state index contributed by atoms with van der Waals surface area (Å²) in [4.78, 5) is 26.7. The summed E-state index contributed by atoms with van der Waals surface area (Å²) in [6, 6.07) is 19.0. The molecule has 2 amide bonds. The second-order valence-electron chi connectivity index (χ2n) is 9.52. The number of amides is 2. The van der Waals surface area contributed by atoms with Gasteiger partial charge in [-0.15, -0.1) is 0 Å². The van der Waals surface area contributed by atoms with Gasteiger partial charge in [-0.2, -0.15) is 0 Å². The zero-order chi connectivity index (χ0) is 25.7. The molecule has 3 aromatic carbocycles. The van der Waals surface area contributed by atoms with Gasteiger partial charge in [-0.25, -0.2) is 12.7 Å². The summed E-state index contributed by atoms with van der Waals surface area (Å²) in [5, 5.41) is 7.10. The maximum Gasteiger partial charge on any atom is 0.247 e. The molecule has 1 aliphatic carbocycles. The number of sulfonamides is 1. The molecule has 0 heterocycles. The van der Waals surface area contributed by atoms with Crippen molar-refractivity contribution < 1.29 is 18.0 Å². The Morgan fingerprint density at radius 1 is 0.889 bits per heavy atom. The second-order valence-corrected chi connectivity index (χ2v) is 11.6. The van der Waals surface area contributed by atoms with Crippen LogP contribution >= 0.6 is 0 Å². The molecule has 1 atom stereocenters. The molecule has 2 N–H and O–H groups in total. The largest absolute Gasteiger partial charge is 0.344 e. The zero-order valence-corrected chi connectivity index (χ0v) is 21.6. The lowest BCUT2D eigenvalue weighted by Gasteiger charge is -2.25. The Bertz CT molecular complexity index is 1330. The van der Waals surface area contributed by atoms with E-state index >= 15 is 0 Å². The first-order valence-corrected chi connectivity index (χ1v) is 13.8. The Labute approximate surface area is 212 Å². The monoisotopic (exact) mass is 507 g/mol. The van der Waals surface area contributed by atoms with Gasteiger partial charge in [-0.3, -0.25) is 9.59 Å². The molecule has 1 saturated carbocycles. The van der Waals surface area contributed by atoms with Gasteiger partial charge >= 0.3 is 0 Å². The fourth-order valence-corrected chi connectivity index (χ4v) is 5.84. The van der Waals surface area contributed by atoms with Gasteiger partial charge in [-0.1, -0.05) is 73.9 Å². The van der Waals surface area contributed by atoms with Gasteiger partial charge < -0.3 is 10.6 Å². The van der Waals surface area contributed by atoms with Gasteiger partial charge in [-0.05, 0) is 30.5 Å². The number of carbonyl (C=O) groups excluding carboxylic acids is 2. The Kier molecular flexibility index (Phi) is 8.06. The molecule has 0 radical (unpaired) electrons. The van der Waals surface area contributed by atoms with Crippen molar-refractivity contribution in [3.05, 3.63) is 72.3 Å². The first-order valence-electron chi connectivity index (χ1n) is 12.4. The van der Waals surface area contributed by atoms with Gasteiger partial charge in [0.1, 0.15) is 6.04 Å². The van der Waals surface area contributed by atoms with Crippen molar-refractivity contribution >= 4 is 38.3 Å². The maximum atomic E-state index is 13.5. The van der Waals surface area contributed by atoms with Gasteiger partial charge in [0.15, 0.2) is 0 Å². The quantitative estimate of drug-likeness (QED) is 0.474. The van der Waals surface area contributed by atoms with Crippen LogP contribution in [0.1, 0.15) is 37.7 Å². The lowest BCUT2D eigenvalue weighted by atomic mass is 9.88. The summed E-state index contributed by atoms with van der Waals surface area (Å²) in [5.74, 6) is -0.486. The van der Waals surface area contributed by atoms with Crippen LogP contribution in [0.5, 0.6) is 0 Å². The highest BCUT2D eigenvalue weighted by Gasteiger charge is 2.28. The summed E-state index contributed by atoms with van der Waals surface area (Å²) in [5.41, 5.74) is 1.44. The van der Waals surface area contributed by atoms with Crippen LogP contribution in [0, 0.1) is 5.92 Å². The van der Waals surface area contributed by atoms with Crippen molar-refractivity contribution in [1.82, 2.24) is 9.62 Å². The molecule has 8 heteroatoms. The number of hydrogen-bond donors (Lipinski definition) is 2. The summed E-state index contributed by atoms with van der Waals surface area (Å²) < 4.78 is 26.9. The van der Waals surface area contributed by atoms with Crippen molar-refractivity contribution in [1.29, 1.82) is 0 Å². The van der Waals surface area contributed by atoms with E-state index in [9.17, 15) is 18.0 Å². The standard InChI is InChI=1S/C28H33N3O4S/c1-31(2)36(34,35)26-18-10-15-22-23(26)16-9-17-24(22)29-28(33)25(19-20-11-5-3-6-12-20)30-27(32)21-13-7-4-8-14-21/h3,5-6,9-12,15-18,21,25H,4,7-8,13-14,19H2,1-2H3,(H,29,33)(H,30,32)/t25-/m0/s1. The average Bonchev–Trinajstić information content (AvgIpc) is 2.89. The normalized spacial score (nSPS) is 15.5. The Morgan fingerprint density at radius 3 is 2.25 bits per heavy atom. The lowest BCUT2D eigenvalue weighted by molar-refractivity contribution is -0.130. The van der Waals surface area contributed by atoms with E-state index in [1.807, 2.05) is 30.3 Å². The van der Waals surface area contributed by atoms with E-state index in [4.69, 9.17) is 0 Å². The van der Waals surface area contributed by atoms with E-state index in [1.54, 1.807) is 36.4 Å². The maximum absolute atomic E-state index is 13.5. The van der Waals surface area contributed by atoms with Crippen LogP contribution in [0.15, 0.2) is 71.6 Å². The number of fused-ring (bicyclic) bond motifs is 1. The van der Waals surface area contributed by atoms with Gasteiger partial charge in [0.2, 0.25) is 21.8 Å². The molecule has 0 aromatic heterocycles. The van der Waals surface area contributed by atoms with Crippen LogP contribution in [0.25, 0.3) is 10.8 Å². The van der Waals surface area contributed by atoms with Crippen molar-refractivity contribution in [2.75, 3.05) is 19.4 Å². The first kappa shape index (κ1) is 25.9. The number of anilines is 1. The summed E-state index contributed by atoms with van der Waals surface area (Å²) in [6.45, 7) is 0. The Morgan fingerprint density at radius 2 is 1.56 bits per heavy atom. The van der Waals surface area contributed by atoms with Crippen molar-refractivity contribution in [2.24, 2.45) is 5.92 Å². The van der Waals surface area contributed by atoms with Crippen LogP contribution < -0.4 is 10.6 Å². The molecular weight excluding hydrogens is 474 g/mol. The molecule has 3 aromatic rings. The Hall–Kier alpha value is -3.23. The molecule has 1 fully saturated rings. The smallest absolute Gasteiger partial charge is 0.247 e. The molecule has 190 valence electrons. The topological polar surface area (TPSA) is 95.6 Å². The van der Waals surface area contributed by atoms with Crippen LogP contribution in [0.3, 0.4) is 0 Å². The van der Waals surface area contributed by atoms with E-state index in [2.05, 4.69) is 10.6 Å². The molecule has 0 spiro atoms. The molecule has 4 rings (SSSR count). The number of nitrogens with zero attached hydrogens (tertiary/aromatic N) is 1. The minimum absolute atomic E-state index is 0.0684. The van der Waals surface area contributed by atoms with Gasteiger partial charge in [0, 0.05) is 42.9 Å². The third kappa shape index (κ3) is 5.77. The number of benzene rings is 3. The molecule has 0 aliphatic heterocycles. The van der Waals surface area contributed by atoms with E-state index in [-0.39, 0.29) is 22.6 Å². The zero-order valence-electron chi connectivity index (χ0n) is 20.7. The predicted octanol–water partition coefficient (Wildman–Crippen LogP) is 4.34. The van der Waals surface area contributed by atoms with Crippen LogP contribution in [0.4, 0.5) is 5.69 Å². The van der Waals surface area contributed by atoms with Gasteiger partial charge in [0.25, 0.3) is 0 Å². The number of rotatable bonds is 8. The van der Waals surface area contributed by atoms with Gasteiger partial charge in [0.05, 0.1) is 4.90 Å². The van der Waals surface area contributed by atoms with Crippen LogP contribution in [-0.2, 0) is 26.0 Å². The fourth-order valence-electron chi connectivity index (χ4n) is 4.75. The van der Waals surface area contributed by atoms with Crippen molar-refractivity contribution in [3.63, 3.8) is 0 Å². The number of nitrogens with one attached hydrogen (secondary N) is 2. The minimum Gasteiger partial charge on any atom is -0.344 e. The van der Waals surface area contributed by atoms with E-state index in [0.29, 0.717) is 22.9 Å². The lowest BCUT2D eigenvalue weighted by Crippen LogP contribution is -2.47. The summed E-state index contributed by atoms with van der Waals surface area (Å²) in [7, 11) is -0.692. The third-order valence-electron chi connectivity index (χ3n) is 6.79. The highest BCUT2D eigenvalue weighted by atomic mass is 32.2. The highest BCUT2D eigenvalue weighted by Crippen LogP contribution is 2.30. The van der Waals surface area contributed by atoms with Crippen LogP contribution in [-0.4, -0.2) is 44.7 Å². The summed E-state index contributed by atoms with van der Waals surface area (Å²) >= 11 is 0. The molecule has 36 heavy (non-hydrogen) atoms. The van der Waals surface area contributed by atoms with E-state index in [0.717, 1.165) is 37.7 Å². The number of carbonyl (C=O) groups is 2. The molecular formula is C28H33N3O4S.